The number of amides is 1. The van der Waals surface area contributed by atoms with E-state index in [1.807, 2.05) is 65.4 Å². The second-order valence-corrected chi connectivity index (χ2v) is 9.78. The average Bonchev–Trinajstić information content (AvgIpc) is 3.48. The first kappa shape index (κ1) is 20.7. The number of primary amides is 1. The van der Waals surface area contributed by atoms with E-state index in [-0.39, 0.29) is 5.56 Å². The Kier molecular flexibility index (Phi) is 5.65. The Morgan fingerprint density at radius 3 is 2.62 bits per heavy atom. The number of thioether (sulfide) groups is 1. The Morgan fingerprint density at radius 2 is 1.88 bits per heavy atom. The van der Waals surface area contributed by atoms with E-state index in [4.69, 9.17) is 10.7 Å². The Labute approximate surface area is 196 Å². The molecule has 5 aromatic rings. The lowest BCUT2D eigenvalue weighted by Gasteiger charge is -2.12. The number of carbonyl (C=O) groups excluding carboxylic acids is 1. The van der Waals surface area contributed by atoms with Gasteiger partial charge in [-0.15, -0.1) is 22.7 Å². The Balaban J connectivity index is 1.63. The van der Waals surface area contributed by atoms with E-state index >= 15 is 0 Å². The van der Waals surface area contributed by atoms with Crippen LogP contribution in [0.4, 0.5) is 0 Å². The molecule has 0 unspecified atom stereocenters. The molecule has 5 nitrogen and oxygen atoms in total. The zero-order chi connectivity index (χ0) is 22.1. The lowest BCUT2D eigenvalue weighted by Crippen LogP contribution is -2.21. The van der Waals surface area contributed by atoms with Crippen molar-refractivity contribution >= 4 is 50.6 Å². The van der Waals surface area contributed by atoms with Crippen molar-refractivity contribution in [3.05, 3.63) is 99.0 Å². The molecule has 5 rings (SSSR count). The number of hydrogen-bond donors (Lipinski definition) is 1. The molecule has 3 heterocycles. The summed E-state index contributed by atoms with van der Waals surface area (Å²) < 4.78 is 1.68. The molecule has 0 radical (unpaired) electrons. The van der Waals surface area contributed by atoms with E-state index in [9.17, 15) is 9.59 Å². The van der Waals surface area contributed by atoms with Gasteiger partial charge in [0.25, 0.3) is 5.56 Å². The topological polar surface area (TPSA) is 78.0 Å². The maximum atomic E-state index is 13.7. The molecular weight excluding hydrogens is 458 g/mol. The monoisotopic (exact) mass is 475 g/mol. The molecule has 0 aliphatic rings. The fourth-order valence-electron chi connectivity index (χ4n) is 3.45. The van der Waals surface area contributed by atoms with E-state index in [1.165, 1.54) is 23.1 Å². The Hall–Kier alpha value is -3.20. The van der Waals surface area contributed by atoms with Gasteiger partial charge in [0.2, 0.25) is 5.91 Å². The number of benzene rings is 2. The molecule has 158 valence electrons. The fraction of sp³-hybridized carbons (Fsp3) is 0.0417. The van der Waals surface area contributed by atoms with Crippen molar-refractivity contribution in [2.45, 2.75) is 10.9 Å². The maximum Gasteiger partial charge on any atom is 0.268 e. The van der Waals surface area contributed by atoms with Gasteiger partial charge in [0.1, 0.15) is 4.83 Å². The highest BCUT2D eigenvalue weighted by Gasteiger charge is 2.19. The van der Waals surface area contributed by atoms with E-state index in [0.29, 0.717) is 21.9 Å². The zero-order valence-corrected chi connectivity index (χ0v) is 19.2. The van der Waals surface area contributed by atoms with E-state index < -0.39 is 5.91 Å². The molecule has 2 aromatic carbocycles. The quantitative estimate of drug-likeness (QED) is 0.257. The molecule has 0 aliphatic heterocycles. The predicted octanol–water partition coefficient (Wildman–Crippen LogP) is 5.57. The van der Waals surface area contributed by atoms with E-state index in [2.05, 4.69) is 0 Å². The first-order valence-electron chi connectivity index (χ1n) is 9.77. The van der Waals surface area contributed by atoms with Gasteiger partial charge < -0.3 is 5.73 Å². The van der Waals surface area contributed by atoms with Crippen molar-refractivity contribution in [1.82, 2.24) is 9.55 Å². The molecule has 1 amide bonds. The normalized spacial score (nSPS) is 11.1. The second kappa shape index (κ2) is 8.74. The summed E-state index contributed by atoms with van der Waals surface area (Å²) in [4.78, 5) is 31.9. The molecule has 0 aliphatic carbocycles. The number of fused-ring (bicyclic) bond motifs is 1. The van der Waals surface area contributed by atoms with Crippen LogP contribution in [-0.2, 0) is 5.75 Å². The third kappa shape index (κ3) is 3.88. The minimum absolute atomic E-state index is 0.0840. The second-order valence-electron chi connectivity index (χ2n) is 7.03. The van der Waals surface area contributed by atoms with Crippen molar-refractivity contribution < 1.29 is 4.79 Å². The summed E-state index contributed by atoms with van der Waals surface area (Å²) in [7, 11) is 0. The van der Waals surface area contributed by atoms with Gasteiger partial charge in [0.05, 0.1) is 11.1 Å². The van der Waals surface area contributed by atoms with Crippen LogP contribution in [-0.4, -0.2) is 15.5 Å². The van der Waals surface area contributed by atoms with Gasteiger partial charge >= 0.3 is 0 Å². The van der Waals surface area contributed by atoms with Crippen LogP contribution in [0.25, 0.3) is 26.3 Å². The molecule has 0 atom stereocenters. The Morgan fingerprint density at radius 1 is 1.03 bits per heavy atom. The van der Waals surface area contributed by atoms with Crippen LogP contribution in [0.3, 0.4) is 0 Å². The van der Waals surface area contributed by atoms with Crippen LogP contribution in [0, 0.1) is 0 Å². The molecule has 0 saturated heterocycles. The molecule has 2 N–H and O–H groups in total. The summed E-state index contributed by atoms with van der Waals surface area (Å²) in [5.74, 6) is 0.0898. The molecule has 3 aromatic heterocycles. The number of para-hydroxylation sites is 1. The number of hydrogen-bond acceptors (Lipinski definition) is 6. The number of thiophene rings is 2. The molecule has 32 heavy (non-hydrogen) atoms. The summed E-state index contributed by atoms with van der Waals surface area (Å²) in [6.45, 7) is 0. The standard InChI is InChI=1S/C24H17N3O2S3/c25-21(28)16-7-4-6-15(12-16)13-32-24-26-22-20(18(14-31-22)19-10-5-11-30-19)23(29)27(24)17-8-2-1-3-9-17/h1-12,14H,13H2,(H2,25,28). The maximum absolute atomic E-state index is 13.7. The Bertz CT molecular complexity index is 1470. The third-order valence-corrected chi connectivity index (χ3v) is 7.74. The first-order chi connectivity index (χ1) is 15.6. The first-order valence-corrected chi connectivity index (χ1v) is 12.5. The van der Waals surface area contributed by atoms with Crippen LogP contribution >= 0.6 is 34.4 Å². The van der Waals surface area contributed by atoms with Gasteiger partial charge in [0.15, 0.2) is 5.16 Å². The average molecular weight is 476 g/mol. The zero-order valence-electron chi connectivity index (χ0n) is 16.7. The molecule has 8 heteroatoms. The molecular formula is C24H17N3O2S3. The van der Waals surface area contributed by atoms with Crippen LogP contribution in [0.1, 0.15) is 15.9 Å². The minimum atomic E-state index is -0.461. The summed E-state index contributed by atoms with van der Waals surface area (Å²) >= 11 is 4.55. The van der Waals surface area contributed by atoms with Crippen LogP contribution < -0.4 is 11.3 Å². The van der Waals surface area contributed by atoms with E-state index in [1.54, 1.807) is 28.0 Å². The number of aromatic nitrogens is 2. The molecule has 0 fully saturated rings. The van der Waals surface area contributed by atoms with Crippen molar-refractivity contribution in [2.24, 2.45) is 5.73 Å². The minimum Gasteiger partial charge on any atom is -0.366 e. The smallest absolute Gasteiger partial charge is 0.268 e. The number of rotatable bonds is 6. The molecule has 0 spiro atoms. The number of carbonyl (C=O) groups is 1. The van der Waals surface area contributed by atoms with Gasteiger partial charge in [-0.1, -0.05) is 48.2 Å². The van der Waals surface area contributed by atoms with Crippen molar-refractivity contribution in [3.8, 4) is 16.1 Å². The van der Waals surface area contributed by atoms with Crippen LogP contribution in [0.15, 0.2) is 87.4 Å². The van der Waals surface area contributed by atoms with Crippen LogP contribution in [0.5, 0.6) is 0 Å². The van der Waals surface area contributed by atoms with Gasteiger partial charge in [0, 0.05) is 27.1 Å². The van der Waals surface area contributed by atoms with Gasteiger partial charge in [-0.2, -0.15) is 0 Å². The van der Waals surface area contributed by atoms with Crippen LogP contribution in [0.2, 0.25) is 0 Å². The van der Waals surface area contributed by atoms with Gasteiger partial charge in [-0.3, -0.25) is 14.2 Å². The van der Waals surface area contributed by atoms with E-state index in [0.717, 1.165) is 26.5 Å². The number of nitrogens with two attached hydrogens (primary N) is 1. The van der Waals surface area contributed by atoms with Gasteiger partial charge in [-0.25, -0.2) is 4.98 Å². The highest BCUT2D eigenvalue weighted by Crippen LogP contribution is 2.35. The van der Waals surface area contributed by atoms with Crippen molar-refractivity contribution in [2.75, 3.05) is 0 Å². The highest BCUT2D eigenvalue weighted by molar-refractivity contribution is 7.98. The SMILES string of the molecule is NC(=O)c1cccc(CSc2nc3scc(-c4cccs4)c3c(=O)n2-c2ccccc2)c1. The third-order valence-electron chi connectivity index (χ3n) is 4.96. The summed E-state index contributed by atoms with van der Waals surface area (Å²) in [6.07, 6.45) is 0. The van der Waals surface area contributed by atoms with Crippen molar-refractivity contribution in [1.29, 1.82) is 0 Å². The van der Waals surface area contributed by atoms with Gasteiger partial charge in [-0.05, 0) is 41.3 Å². The summed E-state index contributed by atoms with van der Waals surface area (Å²) in [5.41, 5.74) is 8.42. The molecule has 0 saturated carbocycles. The summed E-state index contributed by atoms with van der Waals surface area (Å²) in [6, 6.07) is 20.8. The number of nitrogens with zero attached hydrogens (tertiary/aromatic N) is 2. The lowest BCUT2D eigenvalue weighted by molar-refractivity contribution is 0.1000. The summed E-state index contributed by atoms with van der Waals surface area (Å²) in [5, 5.41) is 5.26. The van der Waals surface area contributed by atoms with Crippen molar-refractivity contribution in [3.63, 3.8) is 0 Å². The predicted molar refractivity (Wildman–Crippen MR) is 133 cm³/mol. The molecule has 0 bridgehead atoms. The largest absolute Gasteiger partial charge is 0.366 e. The fourth-order valence-corrected chi connectivity index (χ4v) is 6.21. The lowest BCUT2D eigenvalue weighted by atomic mass is 10.1. The highest BCUT2D eigenvalue weighted by atomic mass is 32.2.